The number of anilines is 1. The second-order valence-corrected chi connectivity index (χ2v) is 6.53. The van der Waals surface area contributed by atoms with E-state index in [9.17, 15) is 4.79 Å². The van der Waals surface area contributed by atoms with Crippen LogP contribution in [-0.4, -0.2) is 29.0 Å². The maximum atomic E-state index is 12.2. The van der Waals surface area contributed by atoms with Gasteiger partial charge in [0.15, 0.2) is 0 Å². The van der Waals surface area contributed by atoms with Gasteiger partial charge in [0, 0.05) is 42.9 Å². The Morgan fingerprint density at radius 1 is 1.16 bits per heavy atom. The van der Waals surface area contributed by atoms with Gasteiger partial charge in [-0.05, 0) is 36.1 Å². The maximum Gasteiger partial charge on any atom is 0.224 e. The monoisotopic (exact) mass is 334 g/mol. The number of hydrogen-bond acceptors (Lipinski definition) is 3. The Hall–Kier alpha value is -2.82. The molecular formula is C20H22N4O. The standard InChI is InChI=1S/C20H22N4O/c25-20(11-16-14-21-18-6-2-1-5-17(16)18)23-13-15-7-8-19(22-12-15)24-9-3-4-10-24/h1-2,5-8,12,14,21H,3-4,9-11,13H2,(H,23,25). The molecule has 128 valence electrons. The second kappa shape index (κ2) is 6.97. The normalized spacial score (nSPS) is 14.2. The smallest absolute Gasteiger partial charge is 0.224 e. The van der Waals surface area contributed by atoms with Crippen molar-refractivity contribution in [2.75, 3.05) is 18.0 Å². The summed E-state index contributed by atoms with van der Waals surface area (Å²) >= 11 is 0. The summed E-state index contributed by atoms with van der Waals surface area (Å²) < 4.78 is 0. The number of rotatable bonds is 5. The van der Waals surface area contributed by atoms with E-state index < -0.39 is 0 Å². The molecule has 3 aromatic rings. The largest absolute Gasteiger partial charge is 0.361 e. The molecular weight excluding hydrogens is 312 g/mol. The molecule has 2 aromatic heterocycles. The lowest BCUT2D eigenvalue weighted by Crippen LogP contribution is -2.24. The van der Waals surface area contributed by atoms with Gasteiger partial charge in [0.2, 0.25) is 5.91 Å². The Balaban J connectivity index is 1.34. The van der Waals surface area contributed by atoms with Crippen molar-refractivity contribution in [3.05, 3.63) is 59.9 Å². The van der Waals surface area contributed by atoms with Crippen LogP contribution in [0, 0.1) is 0 Å². The lowest BCUT2D eigenvalue weighted by Gasteiger charge is -2.16. The number of benzene rings is 1. The van der Waals surface area contributed by atoms with Crippen LogP contribution in [0.25, 0.3) is 10.9 Å². The molecule has 0 unspecified atom stereocenters. The Labute approximate surface area is 147 Å². The van der Waals surface area contributed by atoms with Gasteiger partial charge in [0.25, 0.3) is 0 Å². The van der Waals surface area contributed by atoms with E-state index in [1.807, 2.05) is 48.8 Å². The average Bonchev–Trinajstić information content (AvgIpc) is 3.31. The van der Waals surface area contributed by atoms with Crippen molar-refractivity contribution in [1.29, 1.82) is 0 Å². The molecule has 25 heavy (non-hydrogen) atoms. The molecule has 0 bridgehead atoms. The summed E-state index contributed by atoms with van der Waals surface area (Å²) in [5, 5.41) is 4.09. The number of aromatic amines is 1. The molecule has 2 N–H and O–H groups in total. The first kappa shape index (κ1) is 15.7. The number of para-hydroxylation sites is 1. The van der Waals surface area contributed by atoms with E-state index in [-0.39, 0.29) is 5.91 Å². The lowest BCUT2D eigenvalue weighted by molar-refractivity contribution is -0.120. The molecule has 0 aliphatic carbocycles. The summed E-state index contributed by atoms with van der Waals surface area (Å²) in [5.41, 5.74) is 3.11. The first-order chi connectivity index (χ1) is 12.3. The molecule has 0 saturated carbocycles. The van der Waals surface area contributed by atoms with Crippen LogP contribution in [0.4, 0.5) is 5.82 Å². The SMILES string of the molecule is O=C(Cc1c[nH]c2ccccc12)NCc1ccc(N2CCCC2)nc1. The highest BCUT2D eigenvalue weighted by Gasteiger charge is 2.13. The summed E-state index contributed by atoms with van der Waals surface area (Å²) in [6.07, 6.45) is 6.64. The molecule has 5 nitrogen and oxygen atoms in total. The number of nitrogens with one attached hydrogen (secondary N) is 2. The molecule has 4 rings (SSSR count). The summed E-state index contributed by atoms with van der Waals surface area (Å²) in [6, 6.07) is 12.1. The molecule has 1 aliphatic rings. The van der Waals surface area contributed by atoms with Crippen LogP contribution in [-0.2, 0) is 17.8 Å². The average molecular weight is 334 g/mol. The van der Waals surface area contributed by atoms with E-state index in [0.29, 0.717) is 13.0 Å². The number of carbonyl (C=O) groups is 1. The van der Waals surface area contributed by atoms with Crippen molar-refractivity contribution >= 4 is 22.6 Å². The van der Waals surface area contributed by atoms with Gasteiger partial charge in [-0.15, -0.1) is 0 Å². The number of pyridine rings is 1. The van der Waals surface area contributed by atoms with Crippen molar-refractivity contribution in [3.8, 4) is 0 Å². The van der Waals surface area contributed by atoms with Crippen LogP contribution in [0.2, 0.25) is 0 Å². The number of amides is 1. The Bertz CT molecular complexity index is 863. The zero-order valence-corrected chi connectivity index (χ0v) is 14.2. The van der Waals surface area contributed by atoms with Crippen LogP contribution in [0.15, 0.2) is 48.8 Å². The lowest BCUT2D eigenvalue weighted by atomic mass is 10.1. The molecule has 5 heteroatoms. The van der Waals surface area contributed by atoms with Gasteiger partial charge >= 0.3 is 0 Å². The minimum atomic E-state index is 0.0216. The summed E-state index contributed by atoms with van der Waals surface area (Å²) in [4.78, 5) is 22.3. The predicted molar refractivity (Wildman–Crippen MR) is 99.5 cm³/mol. The highest BCUT2D eigenvalue weighted by atomic mass is 16.1. The predicted octanol–water partition coefficient (Wildman–Crippen LogP) is 3.02. The Morgan fingerprint density at radius 2 is 2.00 bits per heavy atom. The first-order valence-corrected chi connectivity index (χ1v) is 8.81. The summed E-state index contributed by atoms with van der Waals surface area (Å²) in [6.45, 7) is 2.69. The van der Waals surface area contributed by atoms with Gasteiger partial charge in [-0.25, -0.2) is 4.98 Å². The fraction of sp³-hybridized carbons (Fsp3) is 0.300. The Morgan fingerprint density at radius 3 is 2.80 bits per heavy atom. The van der Waals surface area contributed by atoms with Crippen molar-refractivity contribution in [2.45, 2.75) is 25.8 Å². The van der Waals surface area contributed by atoms with Gasteiger partial charge in [0.1, 0.15) is 5.82 Å². The third-order valence-electron chi connectivity index (χ3n) is 4.75. The highest BCUT2D eigenvalue weighted by molar-refractivity contribution is 5.88. The third-order valence-corrected chi connectivity index (χ3v) is 4.75. The number of carbonyl (C=O) groups excluding carboxylic acids is 1. The highest BCUT2D eigenvalue weighted by Crippen LogP contribution is 2.19. The third kappa shape index (κ3) is 3.50. The number of fused-ring (bicyclic) bond motifs is 1. The number of H-pyrrole nitrogens is 1. The van der Waals surface area contributed by atoms with Crippen molar-refractivity contribution in [3.63, 3.8) is 0 Å². The van der Waals surface area contributed by atoms with Crippen LogP contribution in [0.3, 0.4) is 0 Å². The summed E-state index contributed by atoms with van der Waals surface area (Å²) in [7, 11) is 0. The van der Waals surface area contributed by atoms with Gasteiger partial charge in [-0.3, -0.25) is 4.79 Å². The van der Waals surface area contributed by atoms with Crippen LogP contribution in [0.5, 0.6) is 0 Å². The second-order valence-electron chi connectivity index (χ2n) is 6.53. The van der Waals surface area contributed by atoms with E-state index in [4.69, 9.17) is 0 Å². The van der Waals surface area contributed by atoms with E-state index in [0.717, 1.165) is 40.9 Å². The van der Waals surface area contributed by atoms with E-state index in [1.54, 1.807) is 0 Å². The molecule has 1 fully saturated rings. The van der Waals surface area contributed by atoms with E-state index in [1.165, 1.54) is 12.8 Å². The molecule has 1 aromatic carbocycles. The van der Waals surface area contributed by atoms with Gasteiger partial charge < -0.3 is 15.2 Å². The van der Waals surface area contributed by atoms with Gasteiger partial charge in [-0.1, -0.05) is 24.3 Å². The van der Waals surface area contributed by atoms with Crippen molar-refractivity contribution in [2.24, 2.45) is 0 Å². The van der Waals surface area contributed by atoms with Gasteiger partial charge in [-0.2, -0.15) is 0 Å². The van der Waals surface area contributed by atoms with E-state index >= 15 is 0 Å². The topological polar surface area (TPSA) is 61.0 Å². The van der Waals surface area contributed by atoms with E-state index in [2.05, 4.69) is 20.2 Å². The molecule has 3 heterocycles. The van der Waals surface area contributed by atoms with Crippen LogP contribution < -0.4 is 10.2 Å². The minimum absolute atomic E-state index is 0.0216. The molecule has 1 amide bonds. The number of nitrogens with zero attached hydrogens (tertiary/aromatic N) is 2. The zero-order chi connectivity index (χ0) is 17.1. The first-order valence-electron chi connectivity index (χ1n) is 8.81. The zero-order valence-electron chi connectivity index (χ0n) is 14.2. The fourth-order valence-electron chi connectivity index (χ4n) is 3.37. The minimum Gasteiger partial charge on any atom is -0.361 e. The molecule has 1 aliphatic heterocycles. The van der Waals surface area contributed by atoms with Crippen LogP contribution in [0.1, 0.15) is 24.0 Å². The number of aromatic nitrogens is 2. The Kier molecular flexibility index (Phi) is 4.37. The molecule has 0 atom stereocenters. The molecule has 1 saturated heterocycles. The fourth-order valence-corrected chi connectivity index (χ4v) is 3.37. The van der Waals surface area contributed by atoms with Gasteiger partial charge in [0.05, 0.1) is 6.42 Å². The molecule has 0 radical (unpaired) electrons. The maximum absolute atomic E-state index is 12.2. The molecule has 0 spiro atoms. The summed E-state index contributed by atoms with van der Waals surface area (Å²) in [5.74, 6) is 1.06. The number of hydrogen-bond donors (Lipinski definition) is 2. The van der Waals surface area contributed by atoms with Crippen molar-refractivity contribution < 1.29 is 4.79 Å². The quantitative estimate of drug-likeness (QED) is 0.754. The van der Waals surface area contributed by atoms with Crippen LogP contribution >= 0.6 is 0 Å². The van der Waals surface area contributed by atoms with Crippen molar-refractivity contribution in [1.82, 2.24) is 15.3 Å².